The fraction of sp³-hybridized carbons (Fsp3) is 0.0833. The second-order valence-electron chi connectivity index (χ2n) is 3.43. The van der Waals surface area contributed by atoms with Gasteiger partial charge in [0.05, 0.1) is 5.56 Å². The highest BCUT2D eigenvalue weighted by Gasteiger charge is 2.12. The van der Waals surface area contributed by atoms with Gasteiger partial charge in [0.1, 0.15) is 0 Å². The fourth-order valence-corrected chi connectivity index (χ4v) is 1.40. The summed E-state index contributed by atoms with van der Waals surface area (Å²) >= 11 is 0. The summed E-state index contributed by atoms with van der Waals surface area (Å²) in [5, 5.41) is 9.03. The number of hydrogen-bond donors (Lipinski definition) is 1. The van der Waals surface area contributed by atoms with E-state index < -0.39 is 5.97 Å². The molecule has 1 aromatic heterocycles. The molecular weight excluding hydrogens is 204 g/mol. The third-order valence-electron chi connectivity index (χ3n) is 2.18. The minimum Gasteiger partial charge on any atom is -0.478 e. The summed E-state index contributed by atoms with van der Waals surface area (Å²) in [6, 6.07) is 6.70. The van der Waals surface area contributed by atoms with E-state index in [2.05, 4.69) is 9.97 Å². The van der Waals surface area contributed by atoms with Crippen LogP contribution in [0.15, 0.2) is 36.7 Å². The zero-order valence-corrected chi connectivity index (χ0v) is 8.71. The molecule has 0 aliphatic carbocycles. The van der Waals surface area contributed by atoms with Gasteiger partial charge in [-0.15, -0.1) is 0 Å². The predicted octanol–water partition coefficient (Wildman–Crippen LogP) is 2.15. The van der Waals surface area contributed by atoms with Crippen molar-refractivity contribution in [1.82, 2.24) is 9.97 Å². The summed E-state index contributed by atoms with van der Waals surface area (Å²) < 4.78 is 0. The topological polar surface area (TPSA) is 63.1 Å². The molecule has 0 saturated carbocycles. The molecule has 4 heteroatoms. The molecule has 0 atom stereocenters. The van der Waals surface area contributed by atoms with Crippen LogP contribution >= 0.6 is 0 Å². The van der Waals surface area contributed by atoms with Crippen molar-refractivity contribution in [3.8, 4) is 11.4 Å². The van der Waals surface area contributed by atoms with Crippen LogP contribution in [-0.2, 0) is 0 Å². The second-order valence-corrected chi connectivity index (χ2v) is 3.43. The molecule has 0 aliphatic rings. The van der Waals surface area contributed by atoms with Crippen molar-refractivity contribution >= 4 is 5.97 Å². The van der Waals surface area contributed by atoms with E-state index in [0.29, 0.717) is 11.4 Å². The Morgan fingerprint density at radius 3 is 2.44 bits per heavy atom. The maximum atomic E-state index is 11.0. The Morgan fingerprint density at radius 2 is 1.81 bits per heavy atom. The highest BCUT2D eigenvalue weighted by atomic mass is 16.4. The first-order valence-corrected chi connectivity index (χ1v) is 4.80. The number of aromatic nitrogens is 2. The number of rotatable bonds is 2. The molecular formula is C12H10N2O2. The molecule has 0 spiro atoms. The summed E-state index contributed by atoms with van der Waals surface area (Å²) in [7, 11) is 0. The molecule has 0 saturated heterocycles. The zero-order chi connectivity index (χ0) is 11.5. The Kier molecular flexibility index (Phi) is 2.64. The van der Waals surface area contributed by atoms with Crippen LogP contribution < -0.4 is 0 Å². The summed E-state index contributed by atoms with van der Waals surface area (Å²) in [5.74, 6) is -0.539. The van der Waals surface area contributed by atoms with E-state index in [0.717, 1.165) is 5.56 Å². The molecule has 80 valence electrons. The smallest absolute Gasteiger partial charge is 0.336 e. The molecule has 0 aliphatic heterocycles. The highest BCUT2D eigenvalue weighted by Crippen LogP contribution is 2.19. The van der Waals surface area contributed by atoms with E-state index >= 15 is 0 Å². The SMILES string of the molecule is Cc1cnc(-c2ccccc2C(=O)O)nc1. The third kappa shape index (κ3) is 1.91. The number of carbonyl (C=O) groups is 1. The Hall–Kier alpha value is -2.23. The highest BCUT2D eigenvalue weighted by molar-refractivity contribution is 5.94. The number of carboxylic acids is 1. The quantitative estimate of drug-likeness (QED) is 0.831. The fourth-order valence-electron chi connectivity index (χ4n) is 1.40. The largest absolute Gasteiger partial charge is 0.478 e. The van der Waals surface area contributed by atoms with Gasteiger partial charge in [-0.2, -0.15) is 0 Å². The van der Waals surface area contributed by atoms with Crippen LogP contribution in [0.5, 0.6) is 0 Å². The normalized spacial score (nSPS) is 10.1. The number of aryl methyl sites for hydroxylation is 1. The second kappa shape index (κ2) is 4.10. The molecule has 2 aromatic rings. The standard InChI is InChI=1S/C12H10N2O2/c1-8-6-13-11(14-7-8)9-4-2-3-5-10(9)12(15)16/h2-7H,1H3,(H,15,16). The summed E-state index contributed by atoms with van der Waals surface area (Å²) in [4.78, 5) is 19.2. The Morgan fingerprint density at radius 1 is 1.19 bits per heavy atom. The van der Waals surface area contributed by atoms with Crippen LogP contribution in [0.4, 0.5) is 0 Å². The van der Waals surface area contributed by atoms with Crippen LogP contribution in [0.1, 0.15) is 15.9 Å². The van der Waals surface area contributed by atoms with Crippen molar-refractivity contribution in [2.75, 3.05) is 0 Å². The van der Waals surface area contributed by atoms with Crippen molar-refractivity contribution in [3.05, 3.63) is 47.8 Å². The number of carboxylic acid groups (broad SMARTS) is 1. The van der Waals surface area contributed by atoms with Gasteiger partial charge in [-0.25, -0.2) is 14.8 Å². The lowest BCUT2D eigenvalue weighted by molar-refractivity contribution is 0.0697. The molecule has 2 rings (SSSR count). The zero-order valence-electron chi connectivity index (χ0n) is 8.71. The number of benzene rings is 1. The molecule has 16 heavy (non-hydrogen) atoms. The number of nitrogens with zero attached hydrogens (tertiary/aromatic N) is 2. The minimum absolute atomic E-state index is 0.214. The van der Waals surface area contributed by atoms with Gasteiger partial charge < -0.3 is 5.11 Å². The van der Waals surface area contributed by atoms with E-state index in [9.17, 15) is 4.79 Å². The van der Waals surface area contributed by atoms with Gasteiger partial charge >= 0.3 is 5.97 Å². The van der Waals surface area contributed by atoms with Gasteiger partial charge in [0.25, 0.3) is 0 Å². The van der Waals surface area contributed by atoms with Crippen molar-refractivity contribution in [2.45, 2.75) is 6.92 Å². The number of hydrogen-bond acceptors (Lipinski definition) is 3. The first kappa shape index (κ1) is 10.3. The molecule has 0 bridgehead atoms. The molecule has 1 heterocycles. The van der Waals surface area contributed by atoms with Crippen LogP contribution in [0.3, 0.4) is 0 Å². The summed E-state index contributed by atoms with van der Waals surface area (Å²) in [6.07, 6.45) is 3.34. The number of aromatic carboxylic acids is 1. The van der Waals surface area contributed by atoms with E-state index in [1.807, 2.05) is 6.92 Å². The van der Waals surface area contributed by atoms with Crippen molar-refractivity contribution in [1.29, 1.82) is 0 Å². The lowest BCUT2D eigenvalue weighted by atomic mass is 10.1. The van der Waals surface area contributed by atoms with Crippen LogP contribution in [0.2, 0.25) is 0 Å². The van der Waals surface area contributed by atoms with Crippen molar-refractivity contribution in [3.63, 3.8) is 0 Å². The van der Waals surface area contributed by atoms with Gasteiger partial charge in [0, 0.05) is 18.0 Å². The van der Waals surface area contributed by atoms with Crippen LogP contribution in [0.25, 0.3) is 11.4 Å². The molecule has 0 radical (unpaired) electrons. The van der Waals surface area contributed by atoms with Crippen molar-refractivity contribution < 1.29 is 9.90 Å². The summed E-state index contributed by atoms with van der Waals surface area (Å²) in [6.45, 7) is 1.88. The maximum absolute atomic E-state index is 11.0. The lowest BCUT2D eigenvalue weighted by Crippen LogP contribution is -2.01. The molecule has 0 unspecified atom stereocenters. The predicted molar refractivity (Wildman–Crippen MR) is 59.2 cm³/mol. The third-order valence-corrected chi connectivity index (χ3v) is 2.18. The van der Waals surface area contributed by atoms with Crippen molar-refractivity contribution in [2.24, 2.45) is 0 Å². The average Bonchev–Trinajstić information content (AvgIpc) is 2.30. The van der Waals surface area contributed by atoms with Gasteiger partial charge in [-0.1, -0.05) is 18.2 Å². The average molecular weight is 214 g/mol. The van der Waals surface area contributed by atoms with Gasteiger partial charge in [-0.05, 0) is 18.6 Å². The Balaban J connectivity index is 2.55. The van der Waals surface area contributed by atoms with E-state index in [4.69, 9.17) is 5.11 Å². The molecule has 0 fully saturated rings. The first-order chi connectivity index (χ1) is 7.68. The molecule has 4 nitrogen and oxygen atoms in total. The van der Waals surface area contributed by atoms with Gasteiger partial charge in [-0.3, -0.25) is 0 Å². The lowest BCUT2D eigenvalue weighted by Gasteiger charge is -2.03. The van der Waals surface area contributed by atoms with Crippen LogP contribution in [0, 0.1) is 6.92 Å². The van der Waals surface area contributed by atoms with E-state index in [-0.39, 0.29) is 5.56 Å². The minimum atomic E-state index is -0.972. The monoisotopic (exact) mass is 214 g/mol. The Labute approximate surface area is 92.6 Å². The van der Waals surface area contributed by atoms with E-state index in [1.54, 1.807) is 36.7 Å². The Bertz CT molecular complexity index is 521. The summed E-state index contributed by atoms with van der Waals surface area (Å²) in [5.41, 5.74) is 1.69. The molecule has 1 N–H and O–H groups in total. The first-order valence-electron chi connectivity index (χ1n) is 4.80. The molecule has 1 aromatic carbocycles. The maximum Gasteiger partial charge on any atom is 0.336 e. The van der Waals surface area contributed by atoms with E-state index in [1.165, 1.54) is 0 Å². The molecule has 0 amide bonds. The van der Waals surface area contributed by atoms with Crippen LogP contribution in [-0.4, -0.2) is 21.0 Å². The van der Waals surface area contributed by atoms with Gasteiger partial charge in [0.15, 0.2) is 5.82 Å². The van der Waals surface area contributed by atoms with Gasteiger partial charge in [0.2, 0.25) is 0 Å².